The summed E-state index contributed by atoms with van der Waals surface area (Å²) in [5.41, 5.74) is 2.73. The summed E-state index contributed by atoms with van der Waals surface area (Å²) in [5.74, 6) is 0. The molecule has 0 atom stereocenters. The predicted octanol–water partition coefficient (Wildman–Crippen LogP) is 2.27. The van der Waals surface area contributed by atoms with Crippen molar-refractivity contribution in [3.8, 4) is 6.07 Å². The fourth-order valence-electron chi connectivity index (χ4n) is 2.15. The van der Waals surface area contributed by atoms with E-state index in [0.717, 1.165) is 43.7 Å². The zero-order valence-corrected chi connectivity index (χ0v) is 12.5. The van der Waals surface area contributed by atoms with Crippen LogP contribution in [-0.2, 0) is 6.54 Å². The van der Waals surface area contributed by atoms with Crippen LogP contribution in [-0.4, -0.2) is 31.3 Å². The third-order valence-electron chi connectivity index (χ3n) is 3.25. The molecule has 0 heterocycles. The maximum atomic E-state index is 9.35. The average molecular weight is 275 g/mol. The lowest BCUT2D eigenvalue weighted by molar-refractivity contribution is 0.301. The lowest BCUT2D eigenvalue weighted by Gasteiger charge is -2.25. The van der Waals surface area contributed by atoms with E-state index in [0.29, 0.717) is 12.1 Å². The SMILES string of the molecule is CCCCN(CCO)c1ccc(CNCC)cc1C#N. The molecule has 0 aliphatic heterocycles. The molecular formula is C16H25N3O. The molecule has 0 spiro atoms. The summed E-state index contributed by atoms with van der Waals surface area (Å²) in [4.78, 5) is 2.10. The third-order valence-corrected chi connectivity index (χ3v) is 3.25. The maximum absolute atomic E-state index is 9.35. The van der Waals surface area contributed by atoms with Crippen LogP contribution in [0.5, 0.6) is 0 Å². The standard InChI is InChI=1S/C16H25N3O/c1-3-5-8-19(9-10-20)16-7-6-14(13-18-4-2)11-15(16)12-17/h6-7,11,18,20H,3-5,8-10,13H2,1-2H3. The molecule has 0 aliphatic rings. The van der Waals surface area contributed by atoms with Crippen molar-refractivity contribution in [2.75, 3.05) is 31.1 Å². The number of nitriles is 1. The maximum Gasteiger partial charge on any atom is 0.101 e. The number of hydrogen-bond donors (Lipinski definition) is 2. The number of nitrogens with zero attached hydrogens (tertiary/aromatic N) is 2. The van der Waals surface area contributed by atoms with Gasteiger partial charge in [0.15, 0.2) is 0 Å². The molecule has 1 rings (SSSR count). The van der Waals surface area contributed by atoms with E-state index in [9.17, 15) is 10.4 Å². The first-order chi connectivity index (χ1) is 9.76. The van der Waals surface area contributed by atoms with Gasteiger partial charge in [0.2, 0.25) is 0 Å². The van der Waals surface area contributed by atoms with Gasteiger partial charge in [-0.05, 0) is 30.7 Å². The zero-order chi connectivity index (χ0) is 14.8. The van der Waals surface area contributed by atoms with Gasteiger partial charge in [-0.15, -0.1) is 0 Å². The number of anilines is 1. The monoisotopic (exact) mass is 275 g/mol. The molecular weight excluding hydrogens is 250 g/mol. The van der Waals surface area contributed by atoms with Gasteiger partial charge in [-0.25, -0.2) is 0 Å². The van der Waals surface area contributed by atoms with Crippen molar-refractivity contribution in [3.63, 3.8) is 0 Å². The van der Waals surface area contributed by atoms with Gasteiger partial charge < -0.3 is 15.3 Å². The van der Waals surface area contributed by atoms with Crippen LogP contribution in [0, 0.1) is 11.3 Å². The average Bonchev–Trinajstić information content (AvgIpc) is 2.49. The number of unbranched alkanes of at least 4 members (excludes halogenated alkanes) is 1. The minimum absolute atomic E-state index is 0.105. The molecule has 20 heavy (non-hydrogen) atoms. The number of hydrogen-bond acceptors (Lipinski definition) is 4. The van der Waals surface area contributed by atoms with Crippen molar-refractivity contribution in [1.82, 2.24) is 5.32 Å². The summed E-state index contributed by atoms with van der Waals surface area (Å²) in [7, 11) is 0. The minimum Gasteiger partial charge on any atom is -0.395 e. The second-order valence-corrected chi connectivity index (χ2v) is 4.81. The first kappa shape index (κ1) is 16.5. The van der Waals surface area contributed by atoms with Crippen LogP contribution >= 0.6 is 0 Å². The summed E-state index contributed by atoms with van der Waals surface area (Å²) >= 11 is 0. The normalized spacial score (nSPS) is 10.3. The van der Waals surface area contributed by atoms with Gasteiger partial charge in [-0.2, -0.15) is 5.26 Å². The molecule has 2 N–H and O–H groups in total. The number of aliphatic hydroxyl groups excluding tert-OH is 1. The summed E-state index contributed by atoms with van der Waals surface area (Å²) in [6, 6.07) is 8.26. The lowest BCUT2D eigenvalue weighted by atomic mass is 10.1. The van der Waals surface area contributed by atoms with Gasteiger partial charge in [0.25, 0.3) is 0 Å². The number of benzene rings is 1. The molecule has 4 heteroatoms. The van der Waals surface area contributed by atoms with Crippen molar-refractivity contribution in [1.29, 1.82) is 5.26 Å². The molecule has 1 aromatic carbocycles. The van der Waals surface area contributed by atoms with Crippen LogP contribution < -0.4 is 10.2 Å². The third kappa shape index (κ3) is 4.84. The smallest absolute Gasteiger partial charge is 0.101 e. The topological polar surface area (TPSA) is 59.3 Å². The van der Waals surface area contributed by atoms with Gasteiger partial charge in [-0.3, -0.25) is 0 Å². The Labute approximate surface area is 122 Å². The molecule has 0 aromatic heterocycles. The summed E-state index contributed by atoms with van der Waals surface area (Å²) < 4.78 is 0. The Morgan fingerprint density at radius 3 is 2.70 bits per heavy atom. The quantitative estimate of drug-likeness (QED) is 0.726. The molecule has 0 unspecified atom stereocenters. The Morgan fingerprint density at radius 2 is 2.10 bits per heavy atom. The van der Waals surface area contributed by atoms with Crippen molar-refractivity contribution in [2.45, 2.75) is 33.2 Å². The molecule has 0 aliphatic carbocycles. The van der Waals surface area contributed by atoms with Crippen LogP contribution in [0.2, 0.25) is 0 Å². The molecule has 110 valence electrons. The van der Waals surface area contributed by atoms with Crippen molar-refractivity contribution in [2.24, 2.45) is 0 Å². The van der Waals surface area contributed by atoms with Crippen molar-refractivity contribution < 1.29 is 5.11 Å². The van der Waals surface area contributed by atoms with Crippen molar-refractivity contribution in [3.05, 3.63) is 29.3 Å². The lowest BCUT2D eigenvalue weighted by Crippen LogP contribution is -2.28. The second-order valence-electron chi connectivity index (χ2n) is 4.81. The highest BCUT2D eigenvalue weighted by molar-refractivity contribution is 5.60. The molecule has 0 fully saturated rings. The zero-order valence-electron chi connectivity index (χ0n) is 12.5. The van der Waals surface area contributed by atoms with Crippen molar-refractivity contribution >= 4 is 5.69 Å². The van der Waals surface area contributed by atoms with Crippen LogP contribution in [0.1, 0.15) is 37.8 Å². The van der Waals surface area contributed by atoms with E-state index in [-0.39, 0.29) is 6.61 Å². The minimum atomic E-state index is 0.105. The van der Waals surface area contributed by atoms with Gasteiger partial charge in [0, 0.05) is 19.6 Å². The fourth-order valence-corrected chi connectivity index (χ4v) is 2.15. The van der Waals surface area contributed by atoms with E-state index in [4.69, 9.17) is 0 Å². The van der Waals surface area contributed by atoms with Gasteiger partial charge >= 0.3 is 0 Å². The number of aliphatic hydroxyl groups is 1. The molecule has 0 saturated carbocycles. The summed E-state index contributed by atoms with van der Waals surface area (Å²) in [6.07, 6.45) is 2.16. The van der Waals surface area contributed by atoms with Crippen LogP contribution in [0.4, 0.5) is 5.69 Å². The Balaban J connectivity index is 2.93. The van der Waals surface area contributed by atoms with Crippen LogP contribution in [0.25, 0.3) is 0 Å². The molecule has 4 nitrogen and oxygen atoms in total. The van der Waals surface area contributed by atoms with Crippen LogP contribution in [0.3, 0.4) is 0 Å². The second kappa shape index (κ2) is 9.35. The number of nitrogens with one attached hydrogen (secondary N) is 1. The Kier molecular flexibility index (Phi) is 7.71. The van der Waals surface area contributed by atoms with Gasteiger partial charge in [0.1, 0.15) is 6.07 Å². The predicted molar refractivity (Wildman–Crippen MR) is 82.7 cm³/mol. The van der Waals surface area contributed by atoms with Crippen LogP contribution in [0.15, 0.2) is 18.2 Å². The Hall–Kier alpha value is -1.57. The van der Waals surface area contributed by atoms with E-state index in [1.807, 2.05) is 12.1 Å². The highest BCUT2D eigenvalue weighted by Gasteiger charge is 2.11. The van der Waals surface area contributed by atoms with E-state index in [1.165, 1.54) is 0 Å². The fraction of sp³-hybridized carbons (Fsp3) is 0.562. The summed E-state index contributed by atoms with van der Waals surface area (Å²) in [5, 5.41) is 21.8. The molecule has 0 radical (unpaired) electrons. The van der Waals surface area contributed by atoms with E-state index >= 15 is 0 Å². The van der Waals surface area contributed by atoms with E-state index < -0.39 is 0 Å². The molecule has 0 bridgehead atoms. The Morgan fingerprint density at radius 1 is 1.30 bits per heavy atom. The van der Waals surface area contributed by atoms with Gasteiger partial charge in [0.05, 0.1) is 17.9 Å². The largest absolute Gasteiger partial charge is 0.395 e. The molecule has 0 amide bonds. The van der Waals surface area contributed by atoms with E-state index in [1.54, 1.807) is 0 Å². The summed E-state index contributed by atoms with van der Waals surface area (Å²) in [6.45, 7) is 7.44. The van der Waals surface area contributed by atoms with Gasteiger partial charge in [-0.1, -0.05) is 26.3 Å². The first-order valence-electron chi connectivity index (χ1n) is 7.36. The highest BCUT2D eigenvalue weighted by Crippen LogP contribution is 2.22. The van der Waals surface area contributed by atoms with E-state index in [2.05, 4.69) is 36.2 Å². The first-order valence-corrected chi connectivity index (χ1v) is 7.36. The Bertz CT molecular complexity index is 440. The molecule has 1 aromatic rings. The number of rotatable bonds is 9. The molecule has 0 saturated heterocycles. The highest BCUT2D eigenvalue weighted by atomic mass is 16.3.